The SMILES string of the molecule is O=C(OCCOCCOCCOCCOCCOCCOCCOCCOCCOCCOCCOCCOC(c1ccccc1)(c1ccccc1)c1ccccc1)C(=O)c1ccccc1. The zero-order valence-corrected chi connectivity index (χ0v) is 38.1. The van der Waals surface area contributed by atoms with Crippen molar-refractivity contribution in [3.8, 4) is 0 Å². The normalized spacial score (nSPS) is 11.5. The summed E-state index contributed by atoms with van der Waals surface area (Å²) in [4.78, 5) is 23.7. The quantitative estimate of drug-likeness (QED) is 0.0178. The van der Waals surface area contributed by atoms with Crippen LogP contribution in [0, 0.1) is 0 Å². The number of carbonyl (C=O) groups excluding carboxylic acids is 2. The lowest BCUT2D eigenvalue weighted by atomic mass is 9.80. The Bertz CT molecular complexity index is 1660. The van der Waals surface area contributed by atoms with Crippen molar-refractivity contribution in [1.29, 1.82) is 0 Å². The Morgan fingerprint density at radius 3 is 0.788 bits per heavy atom. The molecule has 0 saturated carbocycles. The van der Waals surface area contributed by atoms with Gasteiger partial charge in [-0.25, -0.2) is 4.79 Å². The molecule has 4 rings (SSSR count). The first kappa shape index (κ1) is 54.1. The molecule has 362 valence electrons. The molecule has 0 aliphatic heterocycles. The molecule has 0 spiro atoms. The Labute approximate surface area is 389 Å². The summed E-state index contributed by atoms with van der Waals surface area (Å²) in [6.45, 7) is 10.1. The molecule has 0 amide bonds. The van der Waals surface area contributed by atoms with Crippen LogP contribution in [0.5, 0.6) is 0 Å². The highest BCUT2D eigenvalue weighted by Gasteiger charge is 2.37. The van der Waals surface area contributed by atoms with Gasteiger partial charge in [0.05, 0.1) is 152 Å². The van der Waals surface area contributed by atoms with Gasteiger partial charge >= 0.3 is 5.97 Å². The fourth-order valence-corrected chi connectivity index (χ4v) is 6.29. The minimum Gasteiger partial charge on any atom is -0.457 e. The van der Waals surface area contributed by atoms with Crippen molar-refractivity contribution < 1.29 is 71.2 Å². The van der Waals surface area contributed by atoms with Crippen LogP contribution in [0.1, 0.15) is 27.0 Å². The maximum Gasteiger partial charge on any atom is 0.379 e. The number of rotatable bonds is 42. The van der Waals surface area contributed by atoms with Crippen molar-refractivity contribution in [1.82, 2.24) is 0 Å². The molecule has 0 fully saturated rings. The molecule has 0 unspecified atom stereocenters. The van der Waals surface area contributed by atoms with Gasteiger partial charge in [-0.15, -0.1) is 0 Å². The molecule has 0 bridgehead atoms. The number of hydrogen-bond donors (Lipinski definition) is 0. The smallest absolute Gasteiger partial charge is 0.379 e. The third-order valence-electron chi connectivity index (χ3n) is 9.49. The average molecular weight is 921 g/mol. The summed E-state index contributed by atoms with van der Waals surface area (Å²) >= 11 is 0. The van der Waals surface area contributed by atoms with Crippen LogP contribution in [-0.4, -0.2) is 170 Å². The van der Waals surface area contributed by atoms with E-state index in [9.17, 15) is 9.59 Å². The van der Waals surface area contributed by atoms with Crippen molar-refractivity contribution in [2.45, 2.75) is 5.60 Å². The fraction of sp³-hybridized carbons (Fsp3) is 0.490. The monoisotopic (exact) mass is 920 g/mol. The minimum atomic E-state index is -0.900. The Morgan fingerprint density at radius 1 is 0.288 bits per heavy atom. The lowest BCUT2D eigenvalue weighted by Crippen LogP contribution is -2.34. The molecule has 0 aliphatic carbocycles. The molecule has 0 N–H and O–H groups in total. The van der Waals surface area contributed by atoms with E-state index in [4.69, 9.17) is 61.6 Å². The van der Waals surface area contributed by atoms with Gasteiger partial charge in [0.15, 0.2) is 0 Å². The van der Waals surface area contributed by atoms with E-state index in [1.807, 2.05) is 54.6 Å². The standard InChI is InChI=1S/C51H68O15/c52-49(45-13-5-1-6-14-45)50(53)65-43-41-63-39-37-61-35-33-59-31-29-57-27-25-55-23-21-54-22-24-56-26-28-58-30-32-60-34-36-62-38-40-64-42-44-66-51(46-15-7-2-8-16-46,47-17-9-3-10-18-47)48-19-11-4-12-20-48/h1-20H,21-44H2. The third-order valence-corrected chi connectivity index (χ3v) is 9.49. The second-order valence-corrected chi connectivity index (χ2v) is 14.2. The van der Waals surface area contributed by atoms with Crippen LogP contribution in [0.4, 0.5) is 0 Å². The second kappa shape index (κ2) is 36.6. The van der Waals surface area contributed by atoms with Gasteiger partial charge in [0.1, 0.15) is 12.2 Å². The average Bonchev–Trinajstić information content (AvgIpc) is 3.37. The third kappa shape index (κ3) is 22.8. The second-order valence-electron chi connectivity index (χ2n) is 14.2. The van der Waals surface area contributed by atoms with Crippen molar-refractivity contribution in [3.63, 3.8) is 0 Å². The number of hydrogen-bond acceptors (Lipinski definition) is 15. The molecule has 0 radical (unpaired) electrons. The van der Waals surface area contributed by atoms with Gasteiger partial charge in [-0.05, 0) is 16.7 Å². The summed E-state index contributed by atoms with van der Waals surface area (Å²) < 4.78 is 72.7. The van der Waals surface area contributed by atoms with E-state index in [2.05, 4.69) is 36.4 Å². The van der Waals surface area contributed by atoms with Crippen LogP contribution in [0.3, 0.4) is 0 Å². The zero-order chi connectivity index (χ0) is 46.3. The van der Waals surface area contributed by atoms with E-state index >= 15 is 0 Å². The predicted octanol–water partition coefficient (Wildman–Crippen LogP) is 5.60. The summed E-state index contributed by atoms with van der Waals surface area (Å²) in [6.07, 6.45) is 0. The molecule has 0 atom stereocenters. The molecule has 4 aromatic rings. The lowest BCUT2D eigenvalue weighted by molar-refractivity contribution is -0.139. The molecule has 15 heteroatoms. The van der Waals surface area contributed by atoms with E-state index in [0.717, 1.165) is 16.7 Å². The number of benzene rings is 4. The molecule has 0 aliphatic rings. The van der Waals surface area contributed by atoms with Crippen molar-refractivity contribution in [3.05, 3.63) is 144 Å². The van der Waals surface area contributed by atoms with Gasteiger partial charge < -0.3 is 61.6 Å². The first-order valence-electron chi connectivity index (χ1n) is 22.6. The Morgan fingerprint density at radius 2 is 0.515 bits per heavy atom. The Hall–Kier alpha value is -4.46. The number of ether oxygens (including phenoxy) is 13. The molecular weight excluding hydrogens is 853 g/mol. The topological polar surface area (TPSA) is 154 Å². The van der Waals surface area contributed by atoms with Crippen LogP contribution in [0.15, 0.2) is 121 Å². The molecule has 0 aromatic heterocycles. The maximum atomic E-state index is 11.9. The van der Waals surface area contributed by atoms with E-state index in [1.165, 1.54) is 0 Å². The fourth-order valence-electron chi connectivity index (χ4n) is 6.29. The molecule has 0 heterocycles. The van der Waals surface area contributed by atoms with Gasteiger partial charge in [0, 0.05) is 5.56 Å². The Kier molecular flexibility index (Phi) is 30.1. The van der Waals surface area contributed by atoms with E-state index < -0.39 is 17.4 Å². The van der Waals surface area contributed by atoms with Gasteiger partial charge in [0.2, 0.25) is 0 Å². The lowest BCUT2D eigenvalue weighted by Gasteiger charge is -2.36. The molecule has 15 nitrogen and oxygen atoms in total. The largest absolute Gasteiger partial charge is 0.457 e. The number of ketones is 1. The predicted molar refractivity (Wildman–Crippen MR) is 246 cm³/mol. The first-order valence-corrected chi connectivity index (χ1v) is 22.6. The highest BCUT2D eigenvalue weighted by molar-refractivity contribution is 6.40. The molecular formula is C51H68O15. The summed E-state index contributed by atoms with van der Waals surface area (Å²) in [5.41, 5.74) is 2.71. The molecule has 4 aromatic carbocycles. The van der Waals surface area contributed by atoms with Crippen LogP contribution in [0.2, 0.25) is 0 Å². The minimum absolute atomic E-state index is 0.00803. The molecule has 0 saturated heterocycles. The zero-order valence-electron chi connectivity index (χ0n) is 38.1. The van der Waals surface area contributed by atoms with Crippen LogP contribution in [-0.2, 0) is 72.0 Å². The number of carbonyl (C=O) groups is 2. The number of Topliss-reactive ketones (excluding diaryl/α,β-unsaturated/α-hetero) is 1. The maximum absolute atomic E-state index is 11.9. The van der Waals surface area contributed by atoms with Gasteiger partial charge in [-0.3, -0.25) is 4.79 Å². The van der Waals surface area contributed by atoms with E-state index in [0.29, 0.717) is 151 Å². The summed E-state index contributed by atoms with van der Waals surface area (Å²) in [5, 5.41) is 0. The van der Waals surface area contributed by atoms with Crippen LogP contribution >= 0.6 is 0 Å². The van der Waals surface area contributed by atoms with Crippen molar-refractivity contribution in [2.24, 2.45) is 0 Å². The van der Waals surface area contributed by atoms with Gasteiger partial charge in [0.25, 0.3) is 5.78 Å². The first-order chi connectivity index (χ1) is 32.7. The highest BCUT2D eigenvalue weighted by atomic mass is 16.6. The number of esters is 1. The van der Waals surface area contributed by atoms with E-state index in [-0.39, 0.29) is 13.2 Å². The highest BCUT2D eigenvalue weighted by Crippen LogP contribution is 2.40. The van der Waals surface area contributed by atoms with E-state index in [1.54, 1.807) is 30.3 Å². The van der Waals surface area contributed by atoms with Gasteiger partial charge in [-0.2, -0.15) is 0 Å². The van der Waals surface area contributed by atoms with Gasteiger partial charge in [-0.1, -0.05) is 121 Å². The summed E-state index contributed by atoms with van der Waals surface area (Å²) in [5.74, 6) is -1.58. The molecule has 66 heavy (non-hydrogen) atoms. The van der Waals surface area contributed by atoms with Crippen molar-refractivity contribution in [2.75, 3.05) is 159 Å². The summed E-state index contributed by atoms with van der Waals surface area (Å²) in [6, 6.07) is 39.2. The van der Waals surface area contributed by atoms with Crippen LogP contribution in [0.25, 0.3) is 0 Å². The van der Waals surface area contributed by atoms with Crippen molar-refractivity contribution >= 4 is 11.8 Å². The Balaban J connectivity index is 0.818. The summed E-state index contributed by atoms with van der Waals surface area (Å²) in [7, 11) is 0. The van der Waals surface area contributed by atoms with Crippen LogP contribution < -0.4 is 0 Å².